The van der Waals surface area contributed by atoms with Gasteiger partial charge in [0.15, 0.2) is 0 Å². The topological polar surface area (TPSA) is 111 Å². The highest BCUT2D eigenvalue weighted by Gasteiger charge is 2.19. The fourth-order valence-corrected chi connectivity index (χ4v) is 1.69. The molecule has 0 unspecified atom stereocenters. The molecule has 1 amide bonds. The SMILES string of the molecule is CN(C)CCCNc1c(NCCNC(=O)O)c(=O)c1=O. The lowest BCUT2D eigenvalue weighted by Crippen LogP contribution is -2.39. The third-order valence-electron chi connectivity index (χ3n) is 2.70. The van der Waals surface area contributed by atoms with Crippen LogP contribution in [-0.2, 0) is 0 Å². The molecule has 1 aromatic rings. The third kappa shape index (κ3) is 4.54. The molecule has 0 aliphatic carbocycles. The molecule has 1 aromatic carbocycles. The van der Waals surface area contributed by atoms with E-state index in [0.717, 1.165) is 13.0 Å². The predicted molar refractivity (Wildman–Crippen MR) is 77.5 cm³/mol. The van der Waals surface area contributed by atoms with Crippen molar-refractivity contribution < 1.29 is 9.90 Å². The highest BCUT2D eigenvalue weighted by atomic mass is 16.4. The van der Waals surface area contributed by atoms with E-state index in [1.165, 1.54) is 0 Å². The van der Waals surface area contributed by atoms with Gasteiger partial charge in [0, 0.05) is 19.6 Å². The normalized spacial score (nSPS) is 10.8. The second-order valence-corrected chi connectivity index (χ2v) is 4.65. The van der Waals surface area contributed by atoms with Crippen LogP contribution in [0.15, 0.2) is 9.59 Å². The Labute approximate surface area is 116 Å². The zero-order chi connectivity index (χ0) is 15.1. The van der Waals surface area contributed by atoms with E-state index in [-0.39, 0.29) is 18.8 Å². The molecule has 0 aromatic heterocycles. The summed E-state index contributed by atoms with van der Waals surface area (Å²) >= 11 is 0. The summed E-state index contributed by atoms with van der Waals surface area (Å²) in [5.41, 5.74) is -0.546. The van der Waals surface area contributed by atoms with Crippen LogP contribution in [0.5, 0.6) is 0 Å². The van der Waals surface area contributed by atoms with Crippen LogP contribution in [0.25, 0.3) is 0 Å². The van der Waals surface area contributed by atoms with Crippen molar-refractivity contribution in [3.05, 3.63) is 20.4 Å². The molecule has 0 fully saturated rings. The van der Waals surface area contributed by atoms with Gasteiger partial charge < -0.3 is 26.0 Å². The number of carboxylic acid groups (broad SMARTS) is 1. The van der Waals surface area contributed by atoms with Gasteiger partial charge in [0.1, 0.15) is 11.4 Å². The van der Waals surface area contributed by atoms with Crippen molar-refractivity contribution in [3.63, 3.8) is 0 Å². The van der Waals surface area contributed by atoms with E-state index in [1.54, 1.807) is 0 Å². The Morgan fingerprint density at radius 2 is 1.60 bits per heavy atom. The van der Waals surface area contributed by atoms with Gasteiger partial charge >= 0.3 is 6.09 Å². The van der Waals surface area contributed by atoms with Crippen LogP contribution in [0, 0.1) is 0 Å². The van der Waals surface area contributed by atoms with E-state index < -0.39 is 17.0 Å². The maximum absolute atomic E-state index is 11.4. The quantitative estimate of drug-likeness (QED) is 0.351. The number of rotatable bonds is 9. The van der Waals surface area contributed by atoms with Gasteiger partial charge in [-0.05, 0) is 27.1 Å². The van der Waals surface area contributed by atoms with Gasteiger partial charge in [-0.3, -0.25) is 9.59 Å². The maximum atomic E-state index is 11.4. The second kappa shape index (κ2) is 7.49. The molecule has 0 aliphatic rings. The smallest absolute Gasteiger partial charge is 0.404 e. The third-order valence-corrected chi connectivity index (χ3v) is 2.70. The van der Waals surface area contributed by atoms with Crippen LogP contribution in [-0.4, -0.2) is 56.4 Å². The van der Waals surface area contributed by atoms with E-state index in [0.29, 0.717) is 12.2 Å². The minimum Gasteiger partial charge on any atom is -0.465 e. The Hall–Kier alpha value is -2.09. The maximum Gasteiger partial charge on any atom is 0.404 e. The number of hydrogen-bond acceptors (Lipinski definition) is 6. The highest BCUT2D eigenvalue weighted by molar-refractivity contribution is 5.74. The summed E-state index contributed by atoms with van der Waals surface area (Å²) in [4.78, 5) is 35.1. The Morgan fingerprint density at radius 3 is 2.10 bits per heavy atom. The van der Waals surface area contributed by atoms with Crippen molar-refractivity contribution in [2.24, 2.45) is 0 Å². The first kappa shape index (κ1) is 16.0. The van der Waals surface area contributed by atoms with Crippen molar-refractivity contribution in [1.29, 1.82) is 0 Å². The van der Waals surface area contributed by atoms with Crippen LogP contribution in [0.4, 0.5) is 16.2 Å². The summed E-state index contributed by atoms with van der Waals surface area (Å²) < 4.78 is 0. The fourth-order valence-electron chi connectivity index (χ4n) is 1.69. The number of nitrogens with zero attached hydrogens (tertiary/aromatic N) is 1. The van der Waals surface area contributed by atoms with Gasteiger partial charge in [0.05, 0.1) is 0 Å². The fraction of sp³-hybridized carbons (Fsp3) is 0.583. The number of carbonyl (C=O) groups is 1. The standard InChI is InChI=1S/C12H20N4O4/c1-16(2)7-3-4-13-8-9(11(18)10(8)17)14-5-6-15-12(19)20/h13-15H,3-7H2,1-2H3,(H,19,20). The minimum absolute atomic E-state index is 0.161. The van der Waals surface area contributed by atoms with Crippen molar-refractivity contribution >= 4 is 17.5 Å². The van der Waals surface area contributed by atoms with Crippen LogP contribution in [0.2, 0.25) is 0 Å². The first-order valence-corrected chi connectivity index (χ1v) is 6.36. The Kier molecular flexibility index (Phi) is 5.98. The van der Waals surface area contributed by atoms with Gasteiger partial charge in [-0.25, -0.2) is 4.79 Å². The average Bonchev–Trinajstić information content (AvgIpc) is 2.38. The van der Waals surface area contributed by atoms with Gasteiger partial charge in [0.25, 0.3) is 10.9 Å². The van der Waals surface area contributed by atoms with Crippen LogP contribution >= 0.6 is 0 Å². The predicted octanol–water partition coefficient (Wildman–Crippen LogP) is -0.674. The van der Waals surface area contributed by atoms with Crippen molar-refractivity contribution in [3.8, 4) is 0 Å². The lowest BCUT2D eigenvalue weighted by atomic mass is 10.2. The molecule has 112 valence electrons. The molecule has 20 heavy (non-hydrogen) atoms. The zero-order valence-corrected chi connectivity index (χ0v) is 11.7. The van der Waals surface area contributed by atoms with Crippen molar-refractivity contribution in [2.75, 3.05) is 50.9 Å². The molecule has 0 saturated heterocycles. The number of hydrogen-bond donors (Lipinski definition) is 4. The van der Waals surface area contributed by atoms with Crippen LogP contribution in [0.1, 0.15) is 6.42 Å². The van der Waals surface area contributed by atoms with Crippen LogP contribution in [0.3, 0.4) is 0 Å². The van der Waals surface area contributed by atoms with Gasteiger partial charge in [-0.15, -0.1) is 0 Å². The van der Waals surface area contributed by atoms with Gasteiger partial charge in [-0.1, -0.05) is 0 Å². The van der Waals surface area contributed by atoms with Crippen LogP contribution < -0.4 is 26.8 Å². The molecule has 0 saturated carbocycles. The molecular weight excluding hydrogens is 264 g/mol. The number of amides is 1. The first-order valence-electron chi connectivity index (χ1n) is 6.36. The molecule has 8 heteroatoms. The van der Waals surface area contributed by atoms with E-state index in [1.807, 2.05) is 19.0 Å². The monoisotopic (exact) mass is 284 g/mol. The van der Waals surface area contributed by atoms with Crippen molar-refractivity contribution in [2.45, 2.75) is 6.42 Å². The zero-order valence-electron chi connectivity index (χ0n) is 11.7. The Balaban J connectivity index is 2.40. The highest BCUT2D eigenvalue weighted by Crippen LogP contribution is 2.13. The lowest BCUT2D eigenvalue weighted by molar-refractivity contribution is 0.195. The molecule has 0 heterocycles. The first-order chi connectivity index (χ1) is 9.43. The number of nitrogens with one attached hydrogen (secondary N) is 3. The van der Waals surface area contributed by atoms with E-state index in [4.69, 9.17) is 5.11 Å². The summed E-state index contributed by atoms with van der Waals surface area (Å²) in [5, 5.41) is 16.3. The van der Waals surface area contributed by atoms with Gasteiger partial charge in [0.2, 0.25) is 0 Å². The lowest BCUT2D eigenvalue weighted by Gasteiger charge is -2.15. The molecule has 0 radical (unpaired) electrons. The second-order valence-electron chi connectivity index (χ2n) is 4.65. The molecule has 1 rings (SSSR count). The van der Waals surface area contributed by atoms with E-state index >= 15 is 0 Å². The summed E-state index contributed by atoms with van der Waals surface area (Å²) in [6.45, 7) is 1.90. The average molecular weight is 284 g/mol. The molecule has 0 bridgehead atoms. The summed E-state index contributed by atoms with van der Waals surface area (Å²) in [6, 6.07) is 0. The minimum atomic E-state index is -1.13. The molecule has 0 aliphatic heterocycles. The number of anilines is 2. The molecule has 0 spiro atoms. The Morgan fingerprint density at radius 1 is 1.05 bits per heavy atom. The summed E-state index contributed by atoms with van der Waals surface area (Å²) in [6.07, 6.45) is -0.273. The summed E-state index contributed by atoms with van der Waals surface area (Å²) in [7, 11) is 3.92. The molecule has 0 atom stereocenters. The van der Waals surface area contributed by atoms with Crippen molar-refractivity contribution in [1.82, 2.24) is 10.2 Å². The van der Waals surface area contributed by atoms with Gasteiger partial charge in [-0.2, -0.15) is 0 Å². The largest absolute Gasteiger partial charge is 0.465 e. The molecular formula is C12H20N4O4. The van der Waals surface area contributed by atoms with E-state index in [2.05, 4.69) is 16.0 Å². The van der Waals surface area contributed by atoms with E-state index in [9.17, 15) is 14.4 Å². The molecule has 4 N–H and O–H groups in total. The Bertz CT molecular complexity index is 520. The summed E-state index contributed by atoms with van der Waals surface area (Å²) in [5.74, 6) is 0. The molecule has 8 nitrogen and oxygen atoms in total.